The molecule has 2 N–H and O–H groups in total. The first kappa shape index (κ1) is 34.9. The normalized spacial score (nSPS) is 13.0. The van der Waals surface area contributed by atoms with Crippen molar-refractivity contribution in [2.24, 2.45) is 11.8 Å². The van der Waals surface area contributed by atoms with Gasteiger partial charge in [-0.15, -0.1) is 11.3 Å². The molecule has 0 aliphatic carbocycles. The highest BCUT2D eigenvalue weighted by Crippen LogP contribution is 2.38. The van der Waals surface area contributed by atoms with E-state index < -0.39 is 32.8 Å². The second-order valence-corrected chi connectivity index (χ2v) is 14.0. The Morgan fingerprint density at radius 3 is 2.20 bits per heavy atom. The van der Waals surface area contributed by atoms with E-state index in [9.17, 15) is 22.8 Å². The molecule has 1 aromatic heterocycles. The molecule has 1 unspecified atom stereocenters. The standard InChI is InChI=1S/C33H42N2O7S2/c1-7-8-18-42-32(38)44(39,40)35-30-28(20-27(43-30)19-22(2)3)25-16-14-24(15-17-25)21-34-33(23(4)5,31(37)41-6)29(36)26-12-10-9-11-13-26/h9-17,20,22-23,34-35H,7-8,18-19,21H2,1-6H3. The number of nitrogens with one attached hydrogen (secondary N) is 2. The molecule has 1 heterocycles. The second kappa shape index (κ2) is 15.5. The third-order valence-electron chi connectivity index (χ3n) is 7.16. The van der Waals surface area contributed by atoms with Crippen LogP contribution in [0.5, 0.6) is 0 Å². The lowest BCUT2D eigenvalue weighted by atomic mass is 9.79. The fourth-order valence-corrected chi connectivity index (χ4v) is 7.06. The van der Waals surface area contributed by atoms with Crippen LogP contribution < -0.4 is 10.0 Å². The number of hydrogen-bond acceptors (Lipinski definition) is 9. The number of methoxy groups -OCH3 is 1. The molecule has 0 aliphatic heterocycles. The molecule has 0 spiro atoms. The zero-order valence-corrected chi connectivity index (χ0v) is 27.8. The number of carbonyl (C=O) groups is 3. The van der Waals surface area contributed by atoms with Crippen molar-refractivity contribution in [1.82, 2.24) is 5.32 Å². The summed E-state index contributed by atoms with van der Waals surface area (Å²) < 4.78 is 38.1. The van der Waals surface area contributed by atoms with Crippen LogP contribution in [0.3, 0.4) is 0 Å². The van der Waals surface area contributed by atoms with Crippen molar-refractivity contribution in [2.75, 3.05) is 18.4 Å². The molecular formula is C33H42N2O7S2. The SMILES string of the molecule is CCCCOC(=O)S(=O)(=O)Nc1sc(CC(C)C)cc1-c1ccc(CNC(C(=O)OC)(C(=O)c2ccccc2)C(C)C)cc1. The molecule has 3 rings (SSSR count). The molecule has 9 nitrogen and oxygen atoms in total. The minimum absolute atomic E-state index is 0.0344. The van der Waals surface area contributed by atoms with Crippen molar-refractivity contribution in [3.8, 4) is 11.1 Å². The number of thiophene rings is 1. The molecule has 3 aromatic rings. The molecule has 0 radical (unpaired) electrons. The molecule has 11 heteroatoms. The predicted molar refractivity (Wildman–Crippen MR) is 174 cm³/mol. The van der Waals surface area contributed by atoms with E-state index in [1.165, 1.54) is 18.4 Å². The van der Waals surface area contributed by atoms with Crippen LogP contribution >= 0.6 is 11.3 Å². The van der Waals surface area contributed by atoms with Gasteiger partial charge in [-0.05, 0) is 41.9 Å². The van der Waals surface area contributed by atoms with Gasteiger partial charge in [-0.2, -0.15) is 8.42 Å². The van der Waals surface area contributed by atoms with E-state index in [4.69, 9.17) is 9.47 Å². The van der Waals surface area contributed by atoms with Crippen molar-refractivity contribution in [3.63, 3.8) is 0 Å². The van der Waals surface area contributed by atoms with E-state index in [1.807, 2.05) is 37.3 Å². The summed E-state index contributed by atoms with van der Waals surface area (Å²) in [6.07, 6.45) is 2.08. The fourth-order valence-electron chi connectivity index (χ4n) is 4.75. The Balaban J connectivity index is 1.89. The lowest BCUT2D eigenvalue weighted by Crippen LogP contribution is -2.62. The Hall–Kier alpha value is -3.54. The number of sulfonamides is 1. The van der Waals surface area contributed by atoms with Gasteiger partial charge in [-0.25, -0.2) is 9.59 Å². The molecule has 238 valence electrons. The summed E-state index contributed by atoms with van der Waals surface area (Å²) in [5.41, 5.74) is 0.961. The molecule has 1 atom stereocenters. The number of Topliss-reactive ketones (excluding diaryl/α,β-unsaturated/α-hetero) is 1. The van der Waals surface area contributed by atoms with Crippen LogP contribution in [0.15, 0.2) is 60.7 Å². The van der Waals surface area contributed by atoms with Crippen LogP contribution in [0.4, 0.5) is 9.80 Å². The van der Waals surface area contributed by atoms with Gasteiger partial charge in [0, 0.05) is 22.5 Å². The number of ether oxygens (including phenoxy) is 2. The summed E-state index contributed by atoms with van der Waals surface area (Å²) in [5, 5.41) is 2.22. The number of hydrogen-bond donors (Lipinski definition) is 2. The third kappa shape index (κ3) is 8.34. The van der Waals surface area contributed by atoms with Gasteiger partial charge in [-0.3, -0.25) is 14.8 Å². The first-order valence-corrected chi connectivity index (χ1v) is 17.0. The Morgan fingerprint density at radius 1 is 0.977 bits per heavy atom. The van der Waals surface area contributed by atoms with E-state index >= 15 is 0 Å². The summed E-state index contributed by atoms with van der Waals surface area (Å²) >= 11 is 1.28. The van der Waals surface area contributed by atoms with Gasteiger partial charge < -0.3 is 9.47 Å². The predicted octanol–water partition coefficient (Wildman–Crippen LogP) is 6.83. The summed E-state index contributed by atoms with van der Waals surface area (Å²) in [4.78, 5) is 40.0. The van der Waals surface area contributed by atoms with Crippen molar-refractivity contribution in [2.45, 2.75) is 66.0 Å². The van der Waals surface area contributed by atoms with Gasteiger partial charge in [0.2, 0.25) is 0 Å². The molecule has 0 amide bonds. The highest BCUT2D eigenvalue weighted by atomic mass is 32.2. The van der Waals surface area contributed by atoms with Gasteiger partial charge in [0.15, 0.2) is 11.3 Å². The molecule has 2 aromatic carbocycles. The Bertz CT molecular complexity index is 1530. The lowest BCUT2D eigenvalue weighted by Gasteiger charge is -2.34. The number of anilines is 1. The van der Waals surface area contributed by atoms with E-state index in [2.05, 4.69) is 23.9 Å². The number of benzene rings is 2. The van der Waals surface area contributed by atoms with Crippen molar-refractivity contribution in [1.29, 1.82) is 0 Å². The highest BCUT2D eigenvalue weighted by molar-refractivity contribution is 8.07. The quantitative estimate of drug-likeness (QED) is 0.0799. The Morgan fingerprint density at radius 2 is 1.64 bits per heavy atom. The minimum Gasteiger partial charge on any atom is -0.467 e. The second-order valence-electron chi connectivity index (χ2n) is 11.3. The lowest BCUT2D eigenvalue weighted by molar-refractivity contribution is -0.148. The number of unbranched alkanes of at least 4 members (excludes halogenated alkanes) is 1. The average molecular weight is 643 g/mol. The summed E-state index contributed by atoms with van der Waals surface area (Å²) in [6, 6.07) is 17.9. The average Bonchev–Trinajstić information content (AvgIpc) is 3.37. The fraction of sp³-hybridized carbons (Fsp3) is 0.424. The number of carbonyl (C=O) groups excluding carboxylic acids is 3. The maximum atomic E-state index is 13.7. The van der Waals surface area contributed by atoms with Gasteiger partial charge >= 0.3 is 21.3 Å². The zero-order chi connectivity index (χ0) is 32.5. The monoisotopic (exact) mass is 642 g/mol. The summed E-state index contributed by atoms with van der Waals surface area (Å²) in [6.45, 7) is 9.88. The zero-order valence-electron chi connectivity index (χ0n) is 26.1. The number of rotatable bonds is 15. The summed E-state index contributed by atoms with van der Waals surface area (Å²) in [5.74, 6) is -1.12. The maximum absolute atomic E-state index is 13.7. The topological polar surface area (TPSA) is 128 Å². The number of ketones is 1. The smallest absolute Gasteiger partial charge is 0.445 e. The Labute approximate surface area is 264 Å². The molecule has 44 heavy (non-hydrogen) atoms. The van der Waals surface area contributed by atoms with Gasteiger partial charge in [0.25, 0.3) is 0 Å². The molecule has 0 saturated heterocycles. The minimum atomic E-state index is -4.41. The van der Waals surface area contributed by atoms with Crippen LogP contribution in [-0.4, -0.2) is 44.7 Å². The van der Waals surface area contributed by atoms with Crippen LogP contribution in [0, 0.1) is 11.8 Å². The van der Waals surface area contributed by atoms with Crippen molar-refractivity contribution < 1.29 is 32.3 Å². The third-order valence-corrected chi connectivity index (χ3v) is 9.39. The van der Waals surface area contributed by atoms with E-state index in [1.54, 1.807) is 44.2 Å². The van der Waals surface area contributed by atoms with Crippen LogP contribution in [-0.2, 0) is 37.3 Å². The first-order valence-electron chi connectivity index (χ1n) is 14.7. The number of esters is 1. The largest absolute Gasteiger partial charge is 0.467 e. The van der Waals surface area contributed by atoms with Crippen molar-refractivity contribution >= 4 is 43.4 Å². The van der Waals surface area contributed by atoms with E-state index in [-0.39, 0.29) is 18.9 Å². The first-order chi connectivity index (χ1) is 20.8. The van der Waals surface area contributed by atoms with Crippen LogP contribution in [0.25, 0.3) is 11.1 Å². The van der Waals surface area contributed by atoms with Crippen molar-refractivity contribution in [3.05, 3.63) is 76.7 Å². The molecule has 0 saturated carbocycles. The van der Waals surface area contributed by atoms with E-state index in [0.29, 0.717) is 28.5 Å². The van der Waals surface area contributed by atoms with Crippen LogP contribution in [0.2, 0.25) is 0 Å². The van der Waals surface area contributed by atoms with Gasteiger partial charge in [0.05, 0.1) is 13.7 Å². The maximum Gasteiger partial charge on any atom is 0.445 e. The van der Waals surface area contributed by atoms with Gasteiger partial charge in [-0.1, -0.05) is 95.6 Å². The summed E-state index contributed by atoms with van der Waals surface area (Å²) in [7, 11) is -3.15. The van der Waals surface area contributed by atoms with E-state index in [0.717, 1.165) is 28.8 Å². The highest BCUT2D eigenvalue weighted by Gasteiger charge is 2.49. The molecule has 0 aliphatic rings. The molecular weight excluding hydrogens is 601 g/mol. The molecule has 0 fully saturated rings. The van der Waals surface area contributed by atoms with Crippen LogP contribution in [0.1, 0.15) is 68.3 Å². The van der Waals surface area contributed by atoms with Gasteiger partial charge in [0.1, 0.15) is 5.00 Å². The molecule has 0 bridgehead atoms. The Kier molecular flexibility index (Phi) is 12.3.